The third-order valence-corrected chi connectivity index (χ3v) is 10.3. The molecule has 0 radical (unpaired) electrons. The largest absolute Gasteiger partial charge is 0.490 e. The Morgan fingerprint density at radius 2 is 1.68 bits per heavy atom. The first-order chi connectivity index (χ1) is 17.9. The Kier molecular flexibility index (Phi) is 7.24. The second kappa shape index (κ2) is 10.1. The summed E-state index contributed by atoms with van der Waals surface area (Å²) in [5.41, 5.74) is 0.512. The zero-order chi connectivity index (χ0) is 27.3. The van der Waals surface area contributed by atoms with Crippen molar-refractivity contribution < 1.29 is 40.8 Å². The molecule has 5 heterocycles. The molecule has 1 aromatic heterocycles. The summed E-state index contributed by atoms with van der Waals surface area (Å²) in [7, 11) is -3.43. The van der Waals surface area contributed by atoms with Crippen LogP contribution in [0.2, 0.25) is 0 Å². The number of amides is 1. The van der Waals surface area contributed by atoms with E-state index >= 15 is 0 Å². The van der Waals surface area contributed by atoms with Crippen LogP contribution in [0.3, 0.4) is 0 Å². The summed E-state index contributed by atoms with van der Waals surface area (Å²) in [6.45, 7) is 3.28. The molecule has 1 aliphatic carbocycles. The van der Waals surface area contributed by atoms with Crippen molar-refractivity contribution >= 4 is 22.1 Å². The van der Waals surface area contributed by atoms with Gasteiger partial charge in [-0.15, -0.1) is 0 Å². The molecule has 15 heteroatoms. The number of hydrogen-bond acceptors (Lipinski definition) is 7. The van der Waals surface area contributed by atoms with Crippen LogP contribution in [0.4, 0.5) is 13.2 Å². The molecule has 1 aromatic rings. The molecule has 5 fully saturated rings. The minimum absolute atomic E-state index is 0.0234. The Morgan fingerprint density at radius 1 is 1.11 bits per heavy atom. The van der Waals surface area contributed by atoms with Gasteiger partial charge in [-0.1, -0.05) is 5.16 Å². The smallest absolute Gasteiger partial charge is 0.475 e. The SMILES string of the molecule is O=C(N[C@@H]1C[C@H]2CC[C@@H](C1)N2S(=O)(=O)N1CC2(CCNCC2)C1)c1cc(C2CC2)on1.O=C(O)C(F)(F)F. The van der Waals surface area contributed by atoms with Crippen LogP contribution in [0.15, 0.2) is 10.6 Å². The Labute approximate surface area is 218 Å². The van der Waals surface area contributed by atoms with Gasteiger partial charge >= 0.3 is 12.1 Å². The van der Waals surface area contributed by atoms with E-state index in [0.717, 1.165) is 57.4 Å². The molecule has 1 amide bonds. The lowest BCUT2D eigenvalue weighted by atomic mass is 9.74. The van der Waals surface area contributed by atoms with Gasteiger partial charge in [0.1, 0.15) is 5.76 Å². The number of aromatic nitrogens is 1. The number of hydrogen-bond donors (Lipinski definition) is 3. The van der Waals surface area contributed by atoms with Crippen LogP contribution >= 0.6 is 0 Å². The molecule has 0 aromatic carbocycles. The van der Waals surface area contributed by atoms with Crippen molar-refractivity contribution in [1.29, 1.82) is 0 Å². The highest BCUT2D eigenvalue weighted by atomic mass is 32.2. The molecule has 11 nitrogen and oxygen atoms in total. The summed E-state index contributed by atoms with van der Waals surface area (Å²) in [6, 6.07) is 1.67. The van der Waals surface area contributed by atoms with Crippen molar-refractivity contribution in [1.82, 2.24) is 24.4 Å². The lowest BCUT2D eigenvalue weighted by molar-refractivity contribution is -0.192. The van der Waals surface area contributed by atoms with E-state index in [1.54, 1.807) is 14.7 Å². The zero-order valence-corrected chi connectivity index (χ0v) is 21.6. The second-order valence-corrected chi connectivity index (χ2v) is 12.9. The number of nitrogens with one attached hydrogen (secondary N) is 2. The predicted molar refractivity (Wildman–Crippen MR) is 126 cm³/mol. The number of carbonyl (C=O) groups excluding carboxylic acids is 1. The fourth-order valence-electron chi connectivity index (χ4n) is 6.12. The molecule has 5 aliphatic rings. The number of halogens is 3. The monoisotopic (exact) mass is 563 g/mol. The Hall–Kier alpha value is -2.23. The lowest BCUT2D eigenvalue weighted by Crippen LogP contribution is -2.66. The molecule has 3 N–H and O–H groups in total. The number of piperidine rings is 2. The maximum Gasteiger partial charge on any atom is 0.490 e. The Bertz CT molecular complexity index is 1140. The first kappa shape index (κ1) is 27.3. The third kappa shape index (κ3) is 5.56. The molecule has 4 saturated heterocycles. The average molecular weight is 564 g/mol. The lowest BCUT2D eigenvalue weighted by Gasteiger charge is -2.53. The van der Waals surface area contributed by atoms with Gasteiger partial charge in [-0.3, -0.25) is 4.79 Å². The molecular formula is C23H32F3N5O6S. The standard InChI is InChI=1S/C21H31N5O4S.C2HF3O2/c27-20(18-11-19(30-24-18)14-1-2-14)23-15-9-16-3-4-17(10-15)26(16)31(28,29)25-12-21(13-25)5-7-22-8-6-21;3-2(4,5)1(6)7/h11,14-17,22H,1-10,12-13H2,(H,23,27);(H,6,7)/t15-,16-,17+;. The molecule has 0 unspecified atom stereocenters. The van der Waals surface area contributed by atoms with E-state index in [9.17, 15) is 26.4 Å². The normalized spacial score (nSPS) is 29.3. The number of nitrogens with zero attached hydrogens (tertiary/aromatic N) is 3. The van der Waals surface area contributed by atoms with Gasteiger partial charge in [-0.25, -0.2) is 4.79 Å². The molecule has 38 heavy (non-hydrogen) atoms. The minimum Gasteiger partial charge on any atom is -0.475 e. The van der Waals surface area contributed by atoms with Crippen LogP contribution in [0, 0.1) is 5.41 Å². The number of aliphatic carboxylic acids is 1. The summed E-state index contributed by atoms with van der Waals surface area (Å²) in [5, 5.41) is 17.5. The number of carbonyl (C=O) groups is 2. The van der Waals surface area contributed by atoms with E-state index in [2.05, 4.69) is 15.8 Å². The van der Waals surface area contributed by atoms with E-state index in [-0.39, 0.29) is 29.4 Å². The van der Waals surface area contributed by atoms with Gasteiger partial charge in [-0.2, -0.15) is 30.2 Å². The fourth-order valence-corrected chi connectivity index (χ4v) is 8.39. The number of carboxylic acids is 1. The maximum atomic E-state index is 13.4. The first-order valence-electron chi connectivity index (χ1n) is 12.9. The van der Waals surface area contributed by atoms with Gasteiger partial charge in [0.05, 0.1) is 0 Å². The summed E-state index contributed by atoms with van der Waals surface area (Å²) < 4.78 is 67.3. The van der Waals surface area contributed by atoms with Crippen molar-refractivity contribution in [2.75, 3.05) is 26.2 Å². The quantitative estimate of drug-likeness (QED) is 0.492. The van der Waals surface area contributed by atoms with Gasteiger partial charge in [0.25, 0.3) is 16.1 Å². The van der Waals surface area contributed by atoms with E-state index < -0.39 is 22.4 Å². The van der Waals surface area contributed by atoms with Crippen molar-refractivity contribution in [3.8, 4) is 0 Å². The minimum atomic E-state index is -5.08. The van der Waals surface area contributed by atoms with E-state index in [1.165, 1.54) is 0 Å². The van der Waals surface area contributed by atoms with E-state index in [1.807, 2.05) is 0 Å². The van der Waals surface area contributed by atoms with Crippen LogP contribution in [-0.4, -0.2) is 89.6 Å². The van der Waals surface area contributed by atoms with Gasteiger partial charge in [-0.05, 0) is 64.5 Å². The van der Waals surface area contributed by atoms with Crippen LogP contribution in [0.5, 0.6) is 0 Å². The second-order valence-electron chi connectivity index (χ2n) is 11.1. The van der Waals surface area contributed by atoms with E-state index in [4.69, 9.17) is 14.4 Å². The Morgan fingerprint density at radius 3 is 2.21 bits per heavy atom. The molecule has 2 bridgehead atoms. The number of rotatable bonds is 5. The third-order valence-electron chi connectivity index (χ3n) is 8.26. The number of carboxylic acid groups (broad SMARTS) is 1. The molecular weight excluding hydrogens is 531 g/mol. The van der Waals surface area contributed by atoms with Crippen LogP contribution in [-0.2, 0) is 15.0 Å². The molecule has 6 rings (SSSR count). The molecule has 212 valence electrons. The van der Waals surface area contributed by atoms with Crippen LogP contribution in [0.1, 0.15) is 73.5 Å². The molecule has 1 saturated carbocycles. The topological polar surface area (TPSA) is 145 Å². The Balaban J connectivity index is 0.000000374. The highest BCUT2D eigenvalue weighted by molar-refractivity contribution is 7.86. The number of alkyl halides is 3. The summed E-state index contributed by atoms with van der Waals surface area (Å²) >= 11 is 0. The maximum absolute atomic E-state index is 13.4. The van der Waals surface area contributed by atoms with Crippen molar-refractivity contribution in [3.63, 3.8) is 0 Å². The zero-order valence-electron chi connectivity index (χ0n) is 20.7. The summed E-state index contributed by atoms with van der Waals surface area (Å²) in [5.74, 6) is -1.75. The van der Waals surface area contributed by atoms with Gasteiger partial charge in [0.2, 0.25) is 0 Å². The highest BCUT2D eigenvalue weighted by Crippen LogP contribution is 2.45. The van der Waals surface area contributed by atoms with E-state index in [0.29, 0.717) is 37.5 Å². The number of fused-ring (bicyclic) bond motifs is 2. The van der Waals surface area contributed by atoms with Gasteiger partial charge in [0, 0.05) is 48.6 Å². The van der Waals surface area contributed by atoms with Crippen LogP contribution in [0.25, 0.3) is 0 Å². The highest BCUT2D eigenvalue weighted by Gasteiger charge is 2.54. The van der Waals surface area contributed by atoms with Crippen molar-refractivity contribution in [3.05, 3.63) is 17.5 Å². The first-order valence-corrected chi connectivity index (χ1v) is 14.3. The van der Waals surface area contributed by atoms with Gasteiger partial charge in [0.15, 0.2) is 5.69 Å². The summed E-state index contributed by atoms with van der Waals surface area (Å²) in [6.07, 6.45) is 2.30. The van der Waals surface area contributed by atoms with Crippen molar-refractivity contribution in [2.24, 2.45) is 5.41 Å². The fraction of sp³-hybridized carbons (Fsp3) is 0.783. The van der Waals surface area contributed by atoms with Crippen LogP contribution < -0.4 is 10.6 Å². The average Bonchev–Trinajstić information content (AvgIpc) is 3.49. The summed E-state index contributed by atoms with van der Waals surface area (Å²) in [4.78, 5) is 21.5. The molecule has 3 atom stereocenters. The molecule has 1 spiro atoms. The molecule has 4 aliphatic heterocycles. The predicted octanol–water partition coefficient (Wildman–Crippen LogP) is 1.84. The van der Waals surface area contributed by atoms with Crippen molar-refractivity contribution in [2.45, 2.75) is 81.6 Å². The van der Waals surface area contributed by atoms with Gasteiger partial charge < -0.3 is 20.3 Å².